The molecule has 0 heterocycles. The van der Waals surface area contributed by atoms with Gasteiger partial charge in [-0.2, -0.15) is 0 Å². The van der Waals surface area contributed by atoms with E-state index < -0.39 is 0 Å². The van der Waals surface area contributed by atoms with Crippen molar-refractivity contribution < 1.29 is 0 Å². The van der Waals surface area contributed by atoms with Crippen LogP contribution in [0.4, 0.5) is 0 Å². The van der Waals surface area contributed by atoms with Crippen LogP contribution in [-0.4, -0.2) is 5.38 Å². The Morgan fingerprint density at radius 1 is 1.14 bits per heavy atom. The van der Waals surface area contributed by atoms with Crippen LogP contribution in [0.15, 0.2) is 30.3 Å². The summed E-state index contributed by atoms with van der Waals surface area (Å²) >= 11 is 6.34. The lowest BCUT2D eigenvalue weighted by Crippen LogP contribution is -2.11. The zero-order valence-corrected chi connectivity index (χ0v) is 9.80. The van der Waals surface area contributed by atoms with Gasteiger partial charge in [-0.25, -0.2) is 0 Å². The van der Waals surface area contributed by atoms with Gasteiger partial charge in [-0.3, -0.25) is 0 Å². The van der Waals surface area contributed by atoms with E-state index in [0.717, 1.165) is 6.42 Å². The summed E-state index contributed by atoms with van der Waals surface area (Å²) in [7, 11) is 0. The number of halogens is 1. The van der Waals surface area contributed by atoms with Crippen LogP contribution in [-0.2, 0) is 0 Å². The van der Waals surface area contributed by atoms with Gasteiger partial charge in [0.25, 0.3) is 0 Å². The maximum absolute atomic E-state index is 6.34. The van der Waals surface area contributed by atoms with E-state index in [1.165, 1.54) is 18.4 Å². The van der Waals surface area contributed by atoms with Crippen molar-refractivity contribution >= 4 is 11.6 Å². The summed E-state index contributed by atoms with van der Waals surface area (Å²) in [6, 6.07) is 10.6. The van der Waals surface area contributed by atoms with Crippen LogP contribution < -0.4 is 0 Å². The van der Waals surface area contributed by atoms with Crippen LogP contribution in [0.3, 0.4) is 0 Å². The van der Waals surface area contributed by atoms with Gasteiger partial charge >= 0.3 is 0 Å². The molecule has 1 rings (SSSR count). The van der Waals surface area contributed by atoms with E-state index in [4.69, 9.17) is 11.6 Å². The normalized spacial score (nSPS) is 15.1. The fraction of sp³-hybridized carbons (Fsp3) is 0.538. The smallest absolute Gasteiger partial charge is 0.0402 e. The average molecular weight is 211 g/mol. The molecule has 2 unspecified atom stereocenters. The van der Waals surface area contributed by atoms with Crippen molar-refractivity contribution in [2.45, 2.75) is 44.4 Å². The zero-order chi connectivity index (χ0) is 10.4. The van der Waals surface area contributed by atoms with Crippen LogP contribution in [0.2, 0.25) is 0 Å². The average Bonchev–Trinajstić information content (AvgIpc) is 2.26. The highest BCUT2D eigenvalue weighted by Crippen LogP contribution is 2.29. The first-order chi connectivity index (χ1) is 6.79. The molecule has 0 bridgehead atoms. The molecule has 0 spiro atoms. The molecule has 0 aromatic heterocycles. The molecule has 0 N–H and O–H groups in total. The third-order valence-electron chi connectivity index (χ3n) is 2.65. The molecule has 1 aromatic carbocycles. The van der Waals surface area contributed by atoms with Gasteiger partial charge in [-0.1, -0.05) is 50.6 Å². The highest BCUT2D eigenvalue weighted by Gasteiger charge is 2.18. The molecule has 0 radical (unpaired) electrons. The predicted molar refractivity (Wildman–Crippen MR) is 64.0 cm³/mol. The molecule has 0 saturated carbocycles. The van der Waals surface area contributed by atoms with Gasteiger partial charge in [0.1, 0.15) is 0 Å². The van der Waals surface area contributed by atoms with Gasteiger partial charge < -0.3 is 0 Å². The second-order valence-electron chi connectivity index (χ2n) is 3.73. The van der Waals surface area contributed by atoms with Gasteiger partial charge in [0.15, 0.2) is 0 Å². The lowest BCUT2D eigenvalue weighted by Gasteiger charge is -2.21. The summed E-state index contributed by atoms with van der Waals surface area (Å²) in [5.74, 6) is 0.521. The van der Waals surface area contributed by atoms with Crippen molar-refractivity contribution in [1.29, 1.82) is 0 Å². The van der Waals surface area contributed by atoms with Gasteiger partial charge in [-0.05, 0) is 18.4 Å². The second kappa shape index (κ2) is 6.08. The number of alkyl halides is 1. The fourth-order valence-corrected chi connectivity index (χ4v) is 2.12. The summed E-state index contributed by atoms with van der Waals surface area (Å²) in [6.07, 6.45) is 3.43. The van der Waals surface area contributed by atoms with E-state index in [-0.39, 0.29) is 5.38 Å². The van der Waals surface area contributed by atoms with Gasteiger partial charge in [0.05, 0.1) is 0 Å². The van der Waals surface area contributed by atoms with E-state index in [1.807, 2.05) is 0 Å². The molecule has 0 aliphatic carbocycles. The molecular weight excluding hydrogens is 192 g/mol. The van der Waals surface area contributed by atoms with Crippen molar-refractivity contribution in [2.75, 3.05) is 0 Å². The maximum Gasteiger partial charge on any atom is 0.0402 e. The minimum atomic E-state index is 0.275. The molecule has 0 aliphatic heterocycles. The Morgan fingerprint density at radius 2 is 1.79 bits per heavy atom. The van der Waals surface area contributed by atoms with Crippen molar-refractivity contribution in [2.24, 2.45) is 0 Å². The minimum Gasteiger partial charge on any atom is -0.122 e. The maximum atomic E-state index is 6.34. The monoisotopic (exact) mass is 210 g/mol. The highest BCUT2D eigenvalue weighted by atomic mass is 35.5. The standard InChI is InChI=1S/C13H19Cl/c1-3-8-12(13(14)4-2)11-9-6-5-7-10-11/h5-7,9-10,12-13H,3-4,8H2,1-2H3. The molecule has 1 heteroatoms. The van der Waals surface area contributed by atoms with E-state index in [0.29, 0.717) is 5.92 Å². The summed E-state index contributed by atoms with van der Waals surface area (Å²) in [6.45, 7) is 4.37. The van der Waals surface area contributed by atoms with Crippen molar-refractivity contribution in [1.82, 2.24) is 0 Å². The van der Waals surface area contributed by atoms with Gasteiger partial charge in [0.2, 0.25) is 0 Å². The number of hydrogen-bond donors (Lipinski definition) is 0. The molecule has 14 heavy (non-hydrogen) atoms. The first-order valence-electron chi connectivity index (χ1n) is 5.48. The summed E-state index contributed by atoms with van der Waals surface area (Å²) in [5, 5.41) is 0.275. The Balaban J connectivity index is 2.77. The van der Waals surface area contributed by atoms with Crippen LogP contribution in [0.1, 0.15) is 44.6 Å². The van der Waals surface area contributed by atoms with Gasteiger partial charge in [0, 0.05) is 11.3 Å². The summed E-state index contributed by atoms with van der Waals surface area (Å²) in [5.41, 5.74) is 1.39. The number of benzene rings is 1. The van der Waals surface area contributed by atoms with Crippen LogP contribution in [0.25, 0.3) is 0 Å². The predicted octanol–water partition coefficient (Wildman–Crippen LogP) is 4.59. The van der Waals surface area contributed by atoms with E-state index in [9.17, 15) is 0 Å². The Bertz CT molecular complexity index is 243. The Labute approximate surface area is 92.3 Å². The third-order valence-corrected chi connectivity index (χ3v) is 3.27. The summed E-state index contributed by atoms with van der Waals surface area (Å²) < 4.78 is 0. The van der Waals surface area contributed by atoms with E-state index in [1.54, 1.807) is 0 Å². The topological polar surface area (TPSA) is 0 Å². The number of hydrogen-bond acceptors (Lipinski definition) is 0. The largest absolute Gasteiger partial charge is 0.122 e. The lowest BCUT2D eigenvalue weighted by atomic mass is 9.90. The molecular formula is C13H19Cl. The summed E-state index contributed by atoms with van der Waals surface area (Å²) in [4.78, 5) is 0. The third kappa shape index (κ3) is 3.02. The first-order valence-corrected chi connectivity index (χ1v) is 5.92. The van der Waals surface area contributed by atoms with Crippen LogP contribution in [0.5, 0.6) is 0 Å². The molecule has 0 saturated heterocycles. The van der Waals surface area contributed by atoms with Crippen molar-refractivity contribution in [3.8, 4) is 0 Å². The van der Waals surface area contributed by atoms with Crippen LogP contribution >= 0.6 is 11.6 Å². The molecule has 78 valence electrons. The first kappa shape index (κ1) is 11.6. The Hall–Kier alpha value is -0.490. The Morgan fingerprint density at radius 3 is 2.29 bits per heavy atom. The fourth-order valence-electron chi connectivity index (χ4n) is 1.85. The quantitative estimate of drug-likeness (QED) is 0.624. The number of rotatable bonds is 5. The van der Waals surface area contributed by atoms with E-state index >= 15 is 0 Å². The van der Waals surface area contributed by atoms with Crippen LogP contribution in [0, 0.1) is 0 Å². The zero-order valence-electron chi connectivity index (χ0n) is 9.04. The molecule has 0 amide bonds. The molecule has 0 nitrogen and oxygen atoms in total. The molecule has 0 fully saturated rings. The SMILES string of the molecule is CCCC(c1ccccc1)C(Cl)CC. The van der Waals surface area contributed by atoms with Crippen molar-refractivity contribution in [3.63, 3.8) is 0 Å². The van der Waals surface area contributed by atoms with Gasteiger partial charge in [-0.15, -0.1) is 11.6 Å². The molecule has 1 aromatic rings. The minimum absolute atomic E-state index is 0.275. The second-order valence-corrected chi connectivity index (χ2v) is 4.29. The van der Waals surface area contributed by atoms with Crippen molar-refractivity contribution in [3.05, 3.63) is 35.9 Å². The Kier molecular flexibility index (Phi) is 5.03. The lowest BCUT2D eigenvalue weighted by molar-refractivity contribution is 0.568. The van der Waals surface area contributed by atoms with E-state index in [2.05, 4.69) is 44.2 Å². The molecule has 2 atom stereocenters. The highest BCUT2D eigenvalue weighted by molar-refractivity contribution is 6.21. The molecule has 0 aliphatic rings.